The number of anilines is 1. The molecule has 0 aliphatic carbocycles. The first-order valence-electron chi connectivity index (χ1n) is 12.8. The number of benzene rings is 3. The number of carbonyl (C=O) groups is 2. The van der Waals surface area contributed by atoms with E-state index in [1.165, 1.54) is 31.4 Å². The molecule has 3 aromatic carbocycles. The maximum Gasteiger partial charge on any atom is 0.338 e. The molecule has 0 bridgehead atoms. The van der Waals surface area contributed by atoms with E-state index in [-0.39, 0.29) is 33.0 Å². The smallest absolute Gasteiger partial charge is 0.338 e. The molecule has 2 heterocycles. The normalized spacial score (nSPS) is 14.9. The van der Waals surface area contributed by atoms with Gasteiger partial charge in [-0.05, 0) is 37.1 Å². The number of nitro benzene ring substituents is 1. The summed E-state index contributed by atoms with van der Waals surface area (Å²) in [6, 6.07) is 20.3. The third kappa shape index (κ3) is 5.25. The first-order valence-corrected chi connectivity index (χ1v) is 13.7. The molecule has 1 amide bonds. The summed E-state index contributed by atoms with van der Waals surface area (Å²) in [5.41, 5.74) is 9.35. The van der Waals surface area contributed by atoms with Gasteiger partial charge >= 0.3 is 5.97 Å². The number of nitrogens with two attached hydrogens (primary N) is 1. The van der Waals surface area contributed by atoms with Gasteiger partial charge in [-0.1, -0.05) is 65.7 Å². The van der Waals surface area contributed by atoms with Gasteiger partial charge in [-0.2, -0.15) is 0 Å². The van der Waals surface area contributed by atoms with Crippen LogP contribution < -0.4 is 25.8 Å². The number of nitro groups is 1. The Morgan fingerprint density at radius 3 is 2.29 bits per heavy atom. The van der Waals surface area contributed by atoms with Crippen molar-refractivity contribution in [1.29, 1.82) is 0 Å². The van der Waals surface area contributed by atoms with Crippen molar-refractivity contribution in [2.45, 2.75) is 19.8 Å². The molecule has 5 rings (SSSR count). The fourth-order valence-electron chi connectivity index (χ4n) is 4.78. The van der Waals surface area contributed by atoms with Gasteiger partial charge < -0.3 is 15.8 Å². The van der Waals surface area contributed by atoms with E-state index < -0.39 is 28.3 Å². The molecule has 1 unspecified atom stereocenters. The summed E-state index contributed by atoms with van der Waals surface area (Å²) < 4.78 is 6.76. The van der Waals surface area contributed by atoms with Crippen molar-refractivity contribution in [2.75, 3.05) is 12.4 Å². The number of thiazole rings is 1. The number of rotatable bonds is 6. The SMILES string of the molecule is COC(=O)C1=C(N)n2c(s/c(=C/c3ccc(C)cc3)c2=O)=C(C(=O)Nc2cccc([N+](=O)[O-])c2)C1c1ccc(C)cc1. The quantitative estimate of drug-likeness (QED) is 0.202. The molecule has 1 aliphatic heterocycles. The van der Waals surface area contributed by atoms with E-state index in [9.17, 15) is 24.5 Å². The van der Waals surface area contributed by atoms with Gasteiger partial charge in [-0.25, -0.2) is 4.79 Å². The maximum atomic E-state index is 14.1. The van der Waals surface area contributed by atoms with Crippen LogP contribution in [0, 0.1) is 24.0 Å². The molecule has 1 aliphatic rings. The largest absolute Gasteiger partial charge is 0.466 e. The first-order chi connectivity index (χ1) is 20.1. The highest BCUT2D eigenvalue weighted by Crippen LogP contribution is 2.38. The minimum Gasteiger partial charge on any atom is -0.466 e. The number of fused-ring (bicyclic) bond motifs is 1. The van der Waals surface area contributed by atoms with Crippen molar-refractivity contribution in [3.05, 3.63) is 130 Å². The Morgan fingerprint density at radius 2 is 1.67 bits per heavy atom. The highest BCUT2D eigenvalue weighted by molar-refractivity contribution is 7.07. The van der Waals surface area contributed by atoms with Crippen LogP contribution in [0.5, 0.6) is 0 Å². The monoisotopic (exact) mass is 582 g/mol. The summed E-state index contributed by atoms with van der Waals surface area (Å²) in [5, 5.41) is 14.1. The number of aryl methyl sites for hydroxylation is 2. The fourth-order valence-corrected chi connectivity index (χ4v) is 5.95. The van der Waals surface area contributed by atoms with Crippen molar-refractivity contribution in [3.8, 4) is 0 Å². The number of aromatic nitrogens is 1. The second-order valence-electron chi connectivity index (χ2n) is 9.78. The summed E-state index contributed by atoms with van der Waals surface area (Å²) in [7, 11) is 1.19. The molecule has 0 saturated carbocycles. The predicted molar refractivity (Wildman–Crippen MR) is 161 cm³/mol. The van der Waals surface area contributed by atoms with Crippen LogP contribution in [0.2, 0.25) is 0 Å². The van der Waals surface area contributed by atoms with Crippen molar-refractivity contribution < 1.29 is 19.2 Å². The van der Waals surface area contributed by atoms with Gasteiger partial charge in [0.25, 0.3) is 17.2 Å². The average Bonchev–Trinajstić information content (AvgIpc) is 3.29. The standard InChI is InChI=1S/C31H26N4O6S/c1-17-7-11-19(12-8-17)15-23-29(37)34-27(32)25(31(38)41-3)24(20-13-9-18(2)10-14-20)26(30(34)42-23)28(36)33-21-5-4-6-22(16-21)35(39)40/h4-16,24H,32H2,1-3H3,(H,33,36)/b23-15+. The van der Waals surface area contributed by atoms with Gasteiger partial charge in [-0.15, -0.1) is 11.3 Å². The fraction of sp³-hybridized carbons (Fsp3) is 0.129. The van der Waals surface area contributed by atoms with E-state index in [1.54, 1.807) is 18.2 Å². The summed E-state index contributed by atoms with van der Waals surface area (Å²) in [5.74, 6) is -2.60. The lowest BCUT2D eigenvalue weighted by atomic mass is 9.82. The Bertz CT molecular complexity index is 1950. The van der Waals surface area contributed by atoms with Crippen LogP contribution >= 0.6 is 11.3 Å². The molecule has 212 valence electrons. The van der Waals surface area contributed by atoms with Gasteiger partial charge in [0, 0.05) is 17.8 Å². The molecule has 1 atom stereocenters. The number of hydrogen-bond donors (Lipinski definition) is 2. The van der Waals surface area contributed by atoms with Crippen molar-refractivity contribution in [3.63, 3.8) is 0 Å². The third-order valence-electron chi connectivity index (χ3n) is 6.90. The van der Waals surface area contributed by atoms with Gasteiger partial charge in [0.2, 0.25) is 0 Å². The van der Waals surface area contributed by atoms with E-state index in [1.807, 2.05) is 50.2 Å². The van der Waals surface area contributed by atoms with Crippen LogP contribution in [0.15, 0.2) is 83.2 Å². The topological polar surface area (TPSA) is 147 Å². The van der Waals surface area contributed by atoms with Crippen LogP contribution in [0.4, 0.5) is 11.4 Å². The summed E-state index contributed by atoms with van der Waals surface area (Å²) in [4.78, 5) is 51.8. The van der Waals surface area contributed by atoms with Crippen LogP contribution in [-0.2, 0) is 14.3 Å². The first kappa shape index (κ1) is 28.2. The summed E-state index contributed by atoms with van der Waals surface area (Å²) in [6.45, 7) is 3.86. The van der Waals surface area contributed by atoms with Crippen LogP contribution in [0.1, 0.15) is 28.2 Å². The number of carbonyl (C=O) groups excluding carboxylic acids is 2. The number of ether oxygens (including phenoxy) is 1. The van der Waals surface area contributed by atoms with Crippen LogP contribution in [-0.4, -0.2) is 28.5 Å². The van der Waals surface area contributed by atoms with Gasteiger partial charge in [0.05, 0.1) is 33.6 Å². The zero-order valence-corrected chi connectivity index (χ0v) is 23.7. The minimum atomic E-state index is -0.998. The average molecular weight is 583 g/mol. The van der Waals surface area contributed by atoms with E-state index in [2.05, 4.69) is 5.32 Å². The predicted octanol–water partition coefficient (Wildman–Crippen LogP) is 3.15. The van der Waals surface area contributed by atoms with Crippen LogP contribution in [0.3, 0.4) is 0 Å². The Hall–Kier alpha value is -5.29. The molecule has 0 spiro atoms. The zero-order valence-electron chi connectivity index (χ0n) is 22.9. The van der Waals surface area contributed by atoms with Gasteiger partial charge in [0.1, 0.15) is 10.5 Å². The number of methoxy groups -OCH3 is 1. The van der Waals surface area contributed by atoms with Crippen LogP contribution in [0.25, 0.3) is 17.5 Å². The van der Waals surface area contributed by atoms with Gasteiger partial charge in [0.15, 0.2) is 0 Å². The molecule has 1 aromatic heterocycles. The molecule has 0 saturated heterocycles. The van der Waals surface area contributed by atoms with E-state index in [0.717, 1.165) is 32.6 Å². The lowest BCUT2D eigenvalue weighted by Gasteiger charge is -2.27. The number of nitrogens with one attached hydrogen (secondary N) is 1. The molecular formula is C31H26N4O6S. The van der Waals surface area contributed by atoms with E-state index in [4.69, 9.17) is 10.5 Å². The Labute approximate surface area is 243 Å². The molecule has 10 nitrogen and oxygen atoms in total. The zero-order chi connectivity index (χ0) is 30.1. The van der Waals surface area contributed by atoms with Crippen molar-refractivity contribution in [2.24, 2.45) is 5.73 Å². The Morgan fingerprint density at radius 1 is 1.02 bits per heavy atom. The molecule has 4 aromatic rings. The summed E-state index contributed by atoms with van der Waals surface area (Å²) in [6.07, 6.45) is 1.69. The molecule has 0 radical (unpaired) electrons. The highest BCUT2D eigenvalue weighted by atomic mass is 32.1. The lowest BCUT2D eigenvalue weighted by Crippen LogP contribution is -2.42. The van der Waals surface area contributed by atoms with E-state index in [0.29, 0.717) is 10.1 Å². The Kier molecular flexibility index (Phi) is 7.60. The number of nitrogens with zero attached hydrogens (tertiary/aromatic N) is 2. The second kappa shape index (κ2) is 11.3. The van der Waals surface area contributed by atoms with E-state index >= 15 is 0 Å². The highest BCUT2D eigenvalue weighted by Gasteiger charge is 2.39. The van der Waals surface area contributed by atoms with Crippen molar-refractivity contribution in [1.82, 2.24) is 4.57 Å². The molecule has 0 fully saturated rings. The molecular weight excluding hydrogens is 556 g/mol. The lowest BCUT2D eigenvalue weighted by molar-refractivity contribution is -0.384. The maximum absolute atomic E-state index is 14.1. The Balaban J connectivity index is 1.81. The molecule has 42 heavy (non-hydrogen) atoms. The number of amides is 1. The number of esters is 1. The second-order valence-corrected chi connectivity index (χ2v) is 10.8. The summed E-state index contributed by atoms with van der Waals surface area (Å²) >= 11 is 1.07. The third-order valence-corrected chi connectivity index (χ3v) is 8.01. The van der Waals surface area contributed by atoms with Crippen molar-refractivity contribution >= 4 is 52.1 Å². The number of hydrogen-bond acceptors (Lipinski definition) is 8. The molecule has 11 heteroatoms. The number of non-ortho nitro benzene ring substituents is 1. The molecule has 3 N–H and O–H groups in total. The van der Waals surface area contributed by atoms with Gasteiger partial charge in [-0.3, -0.25) is 24.3 Å². The minimum absolute atomic E-state index is 0.0696.